The lowest BCUT2D eigenvalue weighted by atomic mass is 9.98. The number of aromatic nitrogens is 3. The molecule has 1 atom stereocenters. The predicted octanol–water partition coefficient (Wildman–Crippen LogP) is 3.11. The van der Waals surface area contributed by atoms with Crippen molar-refractivity contribution >= 4 is 22.4 Å². The topological polar surface area (TPSA) is 59.8 Å². The van der Waals surface area contributed by atoms with Crippen LogP contribution in [-0.4, -0.2) is 20.7 Å². The fourth-order valence-corrected chi connectivity index (χ4v) is 3.48. The first-order valence-electron chi connectivity index (χ1n) is 7.12. The van der Waals surface area contributed by atoms with Crippen LogP contribution in [-0.2, 0) is 18.3 Å². The van der Waals surface area contributed by atoms with Crippen LogP contribution in [0.15, 0.2) is 0 Å². The van der Waals surface area contributed by atoms with Gasteiger partial charge in [-0.25, -0.2) is 4.98 Å². The Hall–Kier alpha value is -1.69. The number of carbonyl (C=O) groups excluding carboxylic acids is 1. The van der Waals surface area contributed by atoms with Crippen molar-refractivity contribution in [3.05, 3.63) is 27.5 Å². The Morgan fingerprint density at radius 1 is 1.38 bits per heavy atom. The second-order valence-electron chi connectivity index (χ2n) is 5.29. The van der Waals surface area contributed by atoms with E-state index in [1.54, 1.807) is 0 Å². The first-order valence-corrected chi connectivity index (χ1v) is 7.94. The Kier molecular flexibility index (Phi) is 4.46. The van der Waals surface area contributed by atoms with Crippen LogP contribution >= 0.6 is 11.3 Å². The average Bonchev–Trinajstić information content (AvgIpc) is 2.89. The van der Waals surface area contributed by atoms with Crippen molar-refractivity contribution < 1.29 is 4.79 Å². The van der Waals surface area contributed by atoms with Gasteiger partial charge in [-0.15, -0.1) is 11.3 Å². The third-order valence-corrected chi connectivity index (χ3v) is 4.78. The first kappa shape index (κ1) is 15.7. The third-order valence-electron chi connectivity index (χ3n) is 3.85. The van der Waals surface area contributed by atoms with Crippen LogP contribution in [0.25, 0.3) is 0 Å². The van der Waals surface area contributed by atoms with Crippen LogP contribution in [0.4, 0.5) is 5.13 Å². The molecule has 2 heterocycles. The molecule has 114 valence electrons. The standard InChI is InChI=1S/C15H22N4OS/c1-7-12-11(5)21-15(16-12)17-14(20)8(2)13-9(3)18-19(6)10(13)4/h8H,7H2,1-6H3,(H,16,17,20)/t8-/m0/s1. The molecule has 0 aliphatic carbocycles. The first-order chi connectivity index (χ1) is 9.85. The van der Waals surface area contributed by atoms with Crippen LogP contribution < -0.4 is 5.32 Å². The molecule has 2 rings (SSSR count). The lowest BCUT2D eigenvalue weighted by molar-refractivity contribution is -0.117. The maximum absolute atomic E-state index is 12.5. The van der Waals surface area contributed by atoms with Crippen molar-refractivity contribution in [3.8, 4) is 0 Å². The zero-order valence-corrected chi connectivity index (χ0v) is 14.3. The number of nitrogens with zero attached hydrogens (tertiary/aromatic N) is 3. The Labute approximate surface area is 129 Å². The molecule has 0 spiro atoms. The Morgan fingerprint density at radius 2 is 2.05 bits per heavy atom. The summed E-state index contributed by atoms with van der Waals surface area (Å²) >= 11 is 1.53. The van der Waals surface area contributed by atoms with Crippen molar-refractivity contribution in [2.45, 2.75) is 47.0 Å². The average molecular weight is 306 g/mol. The SMILES string of the molecule is CCc1nc(NC(=O)[C@@H](C)c2c(C)nn(C)c2C)sc1C. The fourth-order valence-electron chi connectivity index (χ4n) is 2.57. The zero-order chi connectivity index (χ0) is 15.7. The molecule has 2 aromatic heterocycles. The number of nitrogens with one attached hydrogen (secondary N) is 1. The van der Waals surface area contributed by atoms with Gasteiger partial charge in [-0.05, 0) is 34.1 Å². The van der Waals surface area contributed by atoms with Gasteiger partial charge in [-0.1, -0.05) is 6.92 Å². The molecule has 0 radical (unpaired) electrons. The number of carbonyl (C=O) groups is 1. The number of rotatable bonds is 4. The lowest BCUT2D eigenvalue weighted by Gasteiger charge is -2.11. The minimum Gasteiger partial charge on any atom is -0.301 e. The van der Waals surface area contributed by atoms with Gasteiger partial charge in [-0.2, -0.15) is 5.10 Å². The minimum absolute atomic E-state index is 0.0365. The quantitative estimate of drug-likeness (QED) is 0.944. The highest BCUT2D eigenvalue weighted by molar-refractivity contribution is 7.15. The summed E-state index contributed by atoms with van der Waals surface area (Å²) in [5.41, 5.74) is 3.98. The molecule has 1 amide bonds. The Balaban J connectivity index is 2.19. The van der Waals surface area contributed by atoms with Crippen LogP contribution in [0.2, 0.25) is 0 Å². The summed E-state index contributed by atoms with van der Waals surface area (Å²) in [5.74, 6) is -0.279. The molecule has 1 N–H and O–H groups in total. The Bertz CT molecular complexity index is 672. The molecular formula is C15H22N4OS. The van der Waals surface area contributed by atoms with E-state index >= 15 is 0 Å². The number of amides is 1. The summed E-state index contributed by atoms with van der Waals surface area (Å²) in [4.78, 5) is 18.1. The van der Waals surface area contributed by atoms with Gasteiger partial charge >= 0.3 is 0 Å². The summed E-state index contributed by atoms with van der Waals surface area (Å²) < 4.78 is 1.82. The van der Waals surface area contributed by atoms with Crippen molar-refractivity contribution in [2.24, 2.45) is 7.05 Å². The summed E-state index contributed by atoms with van der Waals surface area (Å²) in [5, 5.41) is 7.99. The van der Waals surface area contributed by atoms with E-state index in [2.05, 4.69) is 22.3 Å². The van der Waals surface area contributed by atoms with E-state index in [1.165, 1.54) is 11.3 Å². The van der Waals surface area contributed by atoms with Crippen molar-refractivity contribution in [2.75, 3.05) is 5.32 Å². The summed E-state index contributed by atoms with van der Waals surface area (Å²) in [7, 11) is 1.90. The molecular weight excluding hydrogens is 284 g/mol. The summed E-state index contributed by atoms with van der Waals surface area (Å²) in [6, 6.07) is 0. The lowest BCUT2D eigenvalue weighted by Crippen LogP contribution is -2.19. The Morgan fingerprint density at radius 3 is 2.52 bits per heavy atom. The van der Waals surface area contributed by atoms with Crippen molar-refractivity contribution in [3.63, 3.8) is 0 Å². The van der Waals surface area contributed by atoms with Crippen molar-refractivity contribution in [1.29, 1.82) is 0 Å². The van der Waals surface area contributed by atoms with Crippen molar-refractivity contribution in [1.82, 2.24) is 14.8 Å². The van der Waals surface area contributed by atoms with Crippen LogP contribution in [0, 0.1) is 20.8 Å². The van der Waals surface area contributed by atoms with Gasteiger partial charge in [0.1, 0.15) is 0 Å². The smallest absolute Gasteiger partial charge is 0.233 e. The summed E-state index contributed by atoms with van der Waals surface area (Å²) in [6.07, 6.45) is 0.884. The van der Waals surface area contributed by atoms with Gasteiger partial charge in [0.05, 0.1) is 17.3 Å². The largest absolute Gasteiger partial charge is 0.301 e. The molecule has 2 aromatic rings. The molecule has 0 bridgehead atoms. The number of hydrogen-bond acceptors (Lipinski definition) is 4. The minimum atomic E-state index is -0.243. The van der Waals surface area contributed by atoms with Crippen LogP contribution in [0.3, 0.4) is 0 Å². The molecule has 21 heavy (non-hydrogen) atoms. The van der Waals surface area contributed by atoms with E-state index in [1.807, 2.05) is 39.4 Å². The zero-order valence-electron chi connectivity index (χ0n) is 13.4. The van der Waals surface area contributed by atoms with E-state index < -0.39 is 0 Å². The number of aryl methyl sites for hydroxylation is 4. The molecule has 0 saturated heterocycles. The molecule has 0 aliphatic rings. The molecule has 0 aliphatic heterocycles. The van der Waals surface area contributed by atoms with E-state index in [-0.39, 0.29) is 11.8 Å². The van der Waals surface area contributed by atoms with E-state index in [0.29, 0.717) is 5.13 Å². The monoisotopic (exact) mass is 306 g/mol. The maximum Gasteiger partial charge on any atom is 0.233 e. The van der Waals surface area contributed by atoms with Gasteiger partial charge in [-0.3, -0.25) is 9.48 Å². The van der Waals surface area contributed by atoms with Gasteiger partial charge in [0.15, 0.2) is 5.13 Å². The molecule has 0 aromatic carbocycles. The molecule has 0 fully saturated rings. The fraction of sp³-hybridized carbons (Fsp3) is 0.533. The third kappa shape index (κ3) is 3.00. The van der Waals surface area contributed by atoms with Gasteiger partial charge < -0.3 is 5.32 Å². The number of hydrogen-bond donors (Lipinski definition) is 1. The normalized spacial score (nSPS) is 12.5. The van der Waals surface area contributed by atoms with Gasteiger partial charge in [0.2, 0.25) is 5.91 Å². The van der Waals surface area contributed by atoms with Gasteiger partial charge in [0.25, 0.3) is 0 Å². The maximum atomic E-state index is 12.5. The van der Waals surface area contributed by atoms with Crippen LogP contribution in [0.5, 0.6) is 0 Å². The van der Waals surface area contributed by atoms with Crippen LogP contribution in [0.1, 0.15) is 47.3 Å². The molecule has 5 nitrogen and oxygen atoms in total. The highest BCUT2D eigenvalue weighted by Gasteiger charge is 2.23. The summed E-state index contributed by atoms with van der Waals surface area (Å²) in [6.45, 7) is 9.94. The highest BCUT2D eigenvalue weighted by Crippen LogP contribution is 2.27. The predicted molar refractivity (Wildman–Crippen MR) is 86.0 cm³/mol. The number of anilines is 1. The molecule has 6 heteroatoms. The van der Waals surface area contributed by atoms with E-state index in [4.69, 9.17) is 0 Å². The van der Waals surface area contributed by atoms with Gasteiger partial charge in [0, 0.05) is 23.2 Å². The van der Waals surface area contributed by atoms with E-state index in [0.717, 1.165) is 33.9 Å². The molecule has 0 saturated carbocycles. The van der Waals surface area contributed by atoms with E-state index in [9.17, 15) is 4.79 Å². The second kappa shape index (κ2) is 5.97. The molecule has 0 unspecified atom stereocenters. The second-order valence-corrected chi connectivity index (χ2v) is 6.50. The highest BCUT2D eigenvalue weighted by atomic mass is 32.1. The number of thiazole rings is 1.